The minimum atomic E-state index is -4.32. The normalized spacial score (nSPS) is 11.2. The fourth-order valence-electron chi connectivity index (χ4n) is 0.906. The lowest BCUT2D eigenvalue weighted by Gasteiger charge is -2.07. The number of hydrogen-bond donors (Lipinski definition) is 0. The highest BCUT2D eigenvalue weighted by atomic mass is 32.2. The van der Waals surface area contributed by atoms with Crippen molar-refractivity contribution in [3.05, 3.63) is 36.4 Å². The zero-order valence-corrected chi connectivity index (χ0v) is 7.97. The molecule has 0 radical (unpaired) electrons. The van der Waals surface area contributed by atoms with Gasteiger partial charge in [0.2, 0.25) is 0 Å². The number of hydrogen-bond acceptors (Lipinski definition) is 3. The van der Waals surface area contributed by atoms with Gasteiger partial charge in [-0.25, -0.2) is 8.42 Å². The van der Waals surface area contributed by atoms with Crippen LogP contribution in [0.15, 0.2) is 35.7 Å². The van der Waals surface area contributed by atoms with Crippen LogP contribution in [-0.4, -0.2) is 13.0 Å². The van der Waals surface area contributed by atoms with Crippen LogP contribution in [0.4, 0.5) is 0 Å². The Bertz CT molecular complexity index is 415. The SMILES string of the molecule is C=C(C)c1ccc(S(=O)(=O)[O-])cc1. The molecule has 1 rings (SSSR count). The largest absolute Gasteiger partial charge is 0.744 e. The van der Waals surface area contributed by atoms with Crippen molar-refractivity contribution >= 4 is 15.7 Å². The third kappa shape index (κ3) is 2.40. The van der Waals surface area contributed by atoms with Gasteiger partial charge in [0.05, 0.1) is 4.90 Å². The van der Waals surface area contributed by atoms with Crippen LogP contribution >= 0.6 is 0 Å². The van der Waals surface area contributed by atoms with Gasteiger partial charge in [0.1, 0.15) is 10.1 Å². The molecule has 1 aromatic carbocycles. The molecule has 0 amide bonds. The summed E-state index contributed by atoms with van der Waals surface area (Å²) in [5.74, 6) is 0. The topological polar surface area (TPSA) is 57.2 Å². The molecular weight excluding hydrogens is 188 g/mol. The van der Waals surface area contributed by atoms with E-state index in [-0.39, 0.29) is 4.90 Å². The Morgan fingerprint density at radius 2 is 1.77 bits per heavy atom. The Labute approximate surface area is 77.5 Å². The molecule has 0 fully saturated rings. The van der Waals surface area contributed by atoms with Crippen LogP contribution < -0.4 is 0 Å². The molecule has 0 aliphatic heterocycles. The van der Waals surface area contributed by atoms with Gasteiger partial charge < -0.3 is 4.55 Å². The van der Waals surface area contributed by atoms with Crippen molar-refractivity contribution in [3.8, 4) is 0 Å². The van der Waals surface area contributed by atoms with E-state index in [0.717, 1.165) is 11.1 Å². The second kappa shape index (κ2) is 3.32. The zero-order chi connectivity index (χ0) is 10.1. The maximum atomic E-state index is 10.5. The van der Waals surface area contributed by atoms with Crippen molar-refractivity contribution in [3.63, 3.8) is 0 Å². The van der Waals surface area contributed by atoms with E-state index in [1.807, 2.05) is 0 Å². The van der Waals surface area contributed by atoms with Crippen molar-refractivity contribution in [2.45, 2.75) is 11.8 Å². The lowest BCUT2D eigenvalue weighted by molar-refractivity contribution is 0.463. The van der Waals surface area contributed by atoms with Crippen molar-refractivity contribution in [1.82, 2.24) is 0 Å². The van der Waals surface area contributed by atoms with Crippen LogP contribution in [0.1, 0.15) is 12.5 Å². The second-order valence-electron chi connectivity index (χ2n) is 2.76. The molecule has 0 aromatic heterocycles. The summed E-state index contributed by atoms with van der Waals surface area (Å²) >= 11 is 0. The first-order valence-corrected chi connectivity index (χ1v) is 5.04. The molecule has 4 heteroatoms. The molecule has 70 valence electrons. The fourth-order valence-corrected chi connectivity index (χ4v) is 1.38. The summed E-state index contributed by atoms with van der Waals surface area (Å²) in [4.78, 5) is -0.211. The Morgan fingerprint density at radius 3 is 2.08 bits per heavy atom. The van der Waals surface area contributed by atoms with E-state index < -0.39 is 10.1 Å². The third-order valence-electron chi connectivity index (χ3n) is 1.64. The molecule has 0 aliphatic carbocycles. The smallest absolute Gasteiger partial charge is 0.124 e. The zero-order valence-electron chi connectivity index (χ0n) is 7.15. The average molecular weight is 197 g/mol. The van der Waals surface area contributed by atoms with Gasteiger partial charge in [-0.3, -0.25) is 0 Å². The quantitative estimate of drug-likeness (QED) is 0.677. The van der Waals surface area contributed by atoms with Gasteiger partial charge in [-0.05, 0) is 24.6 Å². The molecule has 0 bridgehead atoms. The first kappa shape index (κ1) is 9.95. The van der Waals surface area contributed by atoms with E-state index in [1.54, 1.807) is 19.1 Å². The maximum Gasteiger partial charge on any atom is 0.124 e. The number of allylic oxidation sites excluding steroid dienone is 1. The summed E-state index contributed by atoms with van der Waals surface area (Å²) in [5.41, 5.74) is 1.65. The number of benzene rings is 1. The minimum absolute atomic E-state index is 0.211. The van der Waals surface area contributed by atoms with Crippen LogP contribution in [0, 0.1) is 0 Å². The molecule has 1 aromatic rings. The van der Waals surface area contributed by atoms with Gasteiger partial charge in [0, 0.05) is 0 Å². The summed E-state index contributed by atoms with van der Waals surface area (Å²) < 4.78 is 31.6. The molecule has 0 spiro atoms. The highest BCUT2D eigenvalue weighted by Crippen LogP contribution is 2.14. The van der Waals surface area contributed by atoms with Crippen molar-refractivity contribution in [1.29, 1.82) is 0 Å². The average Bonchev–Trinajstić information content (AvgIpc) is 2.03. The van der Waals surface area contributed by atoms with E-state index in [0.29, 0.717) is 0 Å². The molecular formula is C9H9O3S-. The Hall–Kier alpha value is -1.13. The highest BCUT2D eigenvalue weighted by molar-refractivity contribution is 7.85. The summed E-state index contributed by atoms with van der Waals surface area (Å²) in [6.45, 7) is 5.50. The lowest BCUT2D eigenvalue weighted by atomic mass is 10.1. The summed E-state index contributed by atoms with van der Waals surface area (Å²) in [7, 11) is -4.32. The molecule has 0 heterocycles. The summed E-state index contributed by atoms with van der Waals surface area (Å²) in [6.07, 6.45) is 0. The van der Waals surface area contributed by atoms with E-state index in [4.69, 9.17) is 0 Å². The monoisotopic (exact) mass is 197 g/mol. The van der Waals surface area contributed by atoms with Crippen LogP contribution in [0.2, 0.25) is 0 Å². The van der Waals surface area contributed by atoms with E-state index in [1.165, 1.54) is 12.1 Å². The molecule has 0 N–H and O–H groups in total. The van der Waals surface area contributed by atoms with E-state index in [2.05, 4.69) is 6.58 Å². The number of rotatable bonds is 2. The summed E-state index contributed by atoms with van der Waals surface area (Å²) in [5, 5.41) is 0. The van der Waals surface area contributed by atoms with E-state index >= 15 is 0 Å². The molecule has 0 saturated heterocycles. The minimum Gasteiger partial charge on any atom is -0.744 e. The van der Waals surface area contributed by atoms with Crippen molar-refractivity contribution in [2.75, 3.05) is 0 Å². The van der Waals surface area contributed by atoms with Crippen LogP contribution in [0.5, 0.6) is 0 Å². The van der Waals surface area contributed by atoms with Crippen LogP contribution in [0.3, 0.4) is 0 Å². The van der Waals surface area contributed by atoms with Gasteiger partial charge in [-0.1, -0.05) is 24.3 Å². The molecule has 0 aliphatic rings. The van der Waals surface area contributed by atoms with E-state index in [9.17, 15) is 13.0 Å². The van der Waals surface area contributed by atoms with Gasteiger partial charge >= 0.3 is 0 Å². The van der Waals surface area contributed by atoms with Gasteiger partial charge in [0.25, 0.3) is 0 Å². The second-order valence-corrected chi connectivity index (χ2v) is 4.14. The van der Waals surface area contributed by atoms with Crippen molar-refractivity contribution in [2.24, 2.45) is 0 Å². The first-order valence-electron chi connectivity index (χ1n) is 3.63. The molecule has 13 heavy (non-hydrogen) atoms. The standard InChI is InChI=1S/C9H10O3S/c1-7(2)8-3-5-9(6-4-8)13(10,11)12/h3-6H,1H2,2H3,(H,10,11,12)/p-1. The van der Waals surface area contributed by atoms with Crippen molar-refractivity contribution < 1.29 is 13.0 Å². The highest BCUT2D eigenvalue weighted by Gasteiger charge is 2.00. The van der Waals surface area contributed by atoms with Gasteiger partial charge in [0.15, 0.2) is 0 Å². The van der Waals surface area contributed by atoms with Gasteiger partial charge in [-0.15, -0.1) is 0 Å². The maximum absolute atomic E-state index is 10.5. The first-order chi connectivity index (χ1) is 5.91. The Kier molecular flexibility index (Phi) is 2.54. The summed E-state index contributed by atoms with van der Waals surface area (Å²) in [6, 6.07) is 5.69. The molecule has 3 nitrogen and oxygen atoms in total. The molecule has 0 saturated carbocycles. The third-order valence-corrected chi connectivity index (χ3v) is 2.49. The molecule has 0 unspecified atom stereocenters. The fraction of sp³-hybridized carbons (Fsp3) is 0.111. The van der Waals surface area contributed by atoms with Crippen LogP contribution in [-0.2, 0) is 10.1 Å². The molecule has 0 atom stereocenters. The lowest BCUT2D eigenvalue weighted by Crippen LogP contribution is -1.97. The van der Waals surface area contributed by atoms with Gasteiger partial charge in [-0.2, -0.15) is 0 Å². The predicted molar refractivity (Wildman–Crippen MR) is 49.1 cm³/mol. The van der Waals surface area contributed by atoms with Crippen LogP contribution in [0.25, 0.3) is 5.57 Å². The Balaban J connectivity index is 3.16. The Morgan fingerprint density at radius 1 is 1.31 bits per heavy atom. The predicted octanol–water partition coefficient (Wildman–Crippen LogP) is 1.62.